The molecule has 0 N–H and O–H groups in total. The number of benzene rings is 4. The van der Waals surface area contributed by atoms with Crippen LogP contribution in [0.1, 0.15) is 0 Å². The zero-order chi connectivity index (χ0) is 29.2. The van der Waals surface area contributed by atoms with E-state index in [9.17, 15) is 65.9 Å². The van der Waals surface area contributed by atoms with Crippen LogP contribution in [0.15, 0.2) is 12.1 Å². The van der Waals surface area contributed by atoms with Gasteiger partial charge in [0.25, 0.3) is 0 Å². The van der Waals surface area contributed by atoms with E-state index in [4.69, 9.17) is 0 Å². The van der Waals surface area contributed by atoms with E-state index in [1.165, 1.54) is 0 Å². The quantitative estimate of drug-likeness (QED) is 0.0974. The molecule has 0 saturated heterocycles. The molecule has 0 unspecified atom stereocenters. The first-order chi connectivity index (χ1) is 18.1. The molecule has 0 nitrogen and oxygen atoms in total. The molecule has 0 aliphatic heterocycles. The third kappa shape index (κ3) is 4.50. The van der Waals surface area contributed by atoms with E-state index in [-0.39, 0.29) is 31.0 Å². The second-order valence-electron chi connectivity index (χ2n) is 7.53. The molecular weight excluding hydrogens is 580 g/mol. The Balaban J connectivity index is 0.00000441. The van der Waals surface area contributed by atoms with Gasteiger partial charge in [-0.15, -0.1) is 29.3 Å². The molecule has 0 atom stereocenters. The van der Waals surface area contributed by atoms with Gasteiger partial charge in [0.15, 0.2) is 58.2 Å². The van der Waals surface area contributed by atoms with Gasteiger partial charge in [0.05, 0.1) is 0 Å². The summed E-state index contributed by atoms with van der Waals surface area (Å²) in [7, 11) is 0. The molecule has 0 radical (unpaired) electrons. The van der Waals surface area contributed by atoms with E-state index in [1.807, 2.05) is 0 Å². The fraction of sp³-hybridized carbons (Fsp3) is 0. The summed E-state index contributed by atoms with van der Waals surface area (Å²) in [6, 6.07) is 1.67. The van der Waals surface area contributed by atoms with Gasteiger partial charge in [0.1, 0.15) is 23.3 Å². The molecule has 0 heterocycles. The number of hydrogen-bond acceptors (Lipinski definition) is 0. The topological polar surface area (TPSA) is 0 Å². The predicted molar refractivity (Wildman–Crippen MR) is 101 cm³/mol. The Labute approximate surface area is 223 Å². The average Bonchev–Trinajstić information content (AvgIpc) is 2.91. The summed E-state index contributed by atoms with van der Waals surface area (Å²) in [5.74, 6) is -39.7. The molecule has 0 amide bonds. The summed E-state index contributed by atoms with van der Waals surface area (Å²) >= 11 is 0. The van der Waals surface area contributed by atoms with Gasteiger partial charge in [0, 0.05) is 5.56 Å². The smallest absolute Gasteiger partial charge is 0.212 e. The van der Waals surface area contributed by atoms with Crippen LogP contribution < -0.4 is 18.9 Å². The largest absolute Gasteiger partial charge is 1.00 e. The Kier molecular flexibility index (Phi) is 8.34. The molecule has 204 valence electrons. The Bertz CT molecular complexity index is 1420. The van der Waals surface area contributed by atoms with E-state index in [2.05, 4.69) is 0 Å². The van der Waals surface area contributed by atoms with Gasteiger partial charge in [-0.3, -0.25) is 0 Å². The number of rotatable bonds is 3. The molecule has 4 rings (SSSR count). The number of hydrogen-bond donors (Lipinski definition) is 0. The van der Waals surface area contributed by atoms with Crippen molar-refractivity contribution in [2.45, 2.75) is 0 Å². The average molecular weight is 582 g/mol. The van der Waals surface area contributed by atoms with Crippen LogP contribution in [0, 0.1) is 93.3 Å². The molecule has 40 heavy (non-hydrogen) atoms. The summed E-state index contributed by atoms with van der Waals surface area (Å²) < 4.78 is 210. The first-order valence-corrected chi connectivity index (χ1v) is 9.74. The van der Waals surface area contributed by atoms with Gasteiger partial charge in [-0.2, -0.15) is 0 Å². The second kappa shape index (κ2) is 10.8. The van der Waals surface area contributed by atoms with Crippen LogP contribution in [0.2, 0.25) is 0 Å². The van der Waals surface area contributed by atoms with Gasteiger partial charge in [-0.25, -0.2) is 65.9 Å². The zero-order valence-electron chi connectivity index (χ0n) is 18.8. The van der Waals surface area contributed by atoms with E-state index >= 15 is 0 Å². The van der Waals surface area contributed by atoms with Crippen molar-refractivity contribution in [2.75, 3.05) is 0 Å². The normalized spacial score (nSPS) is 11.2. The molecule has 0 saturated carbocycles. The van der Waals surface area contributed by atoms with Crippen LogP contribution in [0.3, 0.4) is 0 Å². The van der Waals surface area contributed by atoms with E-state index in [1.54, 1.807) is 6.07 Å². The molecule has 4 aromatic rings. The summed E-state index contributed by atoms with van der Waals surface area (Å²) in [6.07, 6.45) is 0. The van der Waals surface area contributed by atoms with Crippen LogP contribution in [0.25, 0.3) is 33.4 Å². The third-order valence-electron chi connectivity index (χ3n) is 5.33. The SMILES string of the molecule is Fc1c(F)c(F)c(-c2[c-]c(-c3c(F)c(F)c(F)c(F)c3F)cc(-c3c(F)c(F)c(F)c(F)c3F)c2)c(F)c1F.[Li+]. The molecule has 0 aliphatic rings. The standard InChI is InChI=1S/C24H2F15.Li/c25-10-7(11(26)17(32)22(37)16(10)31)4-1-5(8-12(27)18(33)23(38)19(34)13(8)28)3-6(2-4)9-14(29)20(35)24(39)21(36)15(9)30;/h1-2H;/q-1;+1. The molecule has 4 aromatic carbocycles. The van der Waals surface area contributed by atoms with Gasteiger partial charge in [-0.05, 0) is 11.1 Å². The van der Waals surface area contributed by atoms with Crippen molar-refractivity contribution in [3.8, 4) is 33.4 Å². The van der Waals surface area contributed by atoms with E-state index < -0.39 is 121 Å². The maximum Gasteiger partial charge on any atom is 1.00 e. The minimum Gasteiger partial charge on any atom is -0.212 e. The van der Waals surface area contributed by atoms with Crippen LogP contribution >= 0.6 is 0 Å². The Hall–Kier alpha value is -3.57. The van der Waals surface area contributed by atoms with Gasteiger partial charge in [-0.1, -0.05) is 5.56 Å². The van der Waals surface area contributed by atoms with Crippen molar-refractivity contribution >= 4 is 0 Å². The summed E-state index contributed by atoms with van der Waals surface area (Å²) in [5.41, 5.74) is -10.5. The van der Waals surface area contributed by atoms with Crippen LogP contribution in [-0.4, -0.2) is 0 Å². The Morgan fingerprint density at radius 3 is 0.750 bits per heavy atom. The first kappa shape index (κ1) is 31.0. The molecule has 0 fully saturated rings. The van der Waals surface area contributed by atoms with E-state index in [0.717, 1.165) is 0 Å². The first-order valence-electron chi connectivity index (χ1n) is 9.74. The minimum absolute atomic E-state index is 0. The molecule has 0 spiro atoms. The molecule has 0 aromatic heterocycles. The van der Waals surface area contributed by atoms with E-state index in [0.29, 0.717) is 0 Å². The van der Waals surface area contributed by atoms with Crippen molar-refractivity contribution in [1.29, 1.82) is 0 Å². The van der Waals surface area contributed by atoms with Crippen molar-refractivity contribution in [3.05, 3.63) is 105 Å². The van der Waals surface area contributed by atoms with Crippen molar-refractivity contribution in [2.24, 2.45) is 0 Å². The fourth-order valence-electron chi connectivity index (χ4n) is 3.52. The monoisotopic (exact) mass is 582 g/mol. The second-order valence-corrected chi connectivity index (χ2v) is 7.53. The predicted octanol–water partition coefficient (Wildman–Crippen LogP) is 5.58. The summed E-state index contributed by atoms with van der Waals surface area (Å²) in [5, 5.41) is 0. The van der Waals surface area contributed by atoms with Crippen molar-refractivity contribution in [1.82, 2.24) is 0 Å². The Morgan fingerprint density at radius 2 is 0.500 bits per heavy atom. The van der Waals surface area contributed by atoms with Crippen LogP contribution in [-0.2, 0) is 0 Å². The third-order valence-corrected chi connectivity index (χ3v) is 5.33. The summed E-state index contributed by atoms with van der Waals surface area (Å²) in [4.78, 5) is 0. The molecule has 16 heteroatoms. The fourth-order valence-corrected chi connectivity index (χ4v) is 3.52. The zero-order valence-corrected chi connectivity index (χ0v) is 18.8. The van der Waals surface area contributed by atoms with Crippen molar-refractivity contribution < 1.29 is 84.7 Å². The molecule has 0 bridgehead atoms. The maximum atomic E-state index is 14.5. The minimum atomic E-state index is -2.70. The molecular formula is C24H2F15Li. The van der Waals surface area contributed by atoms with Gasteiger partial charge < -0.3 is 0 Å². The van der Waals surface area contributed by atoms with Crippen molar-refractivity contribution in [3.63, 3.8) is 0 Å². The van der Waals surface area contributed by atoms with Crippen LogP contribution in [0.5, 0.6) is 0 Å². The summed E-state index contributed by atoms with van der Waals surface area (Å²) in [6.45, 7) is 0. The maximum absolute atomic E-state index is 14.5. The van der Waals surface area contributed by atoms with Gasteiger partial charge >= 0.3 is 18.9 Å². The molecule has 0 aliphatic carbocycles. The van der Waals surface area contributed by atoms with Crippen LogP contribution in [0.4, 0.5) is 65.9 Å². The Morgan fingerprint density at radius 1 is 0.300 bits per heavy atom. The van der Waals surface area contributed by atoms with Gasteiger partial charge in [0.2, 0.25) is 5.82 Å². The number of halogens is 15.